The van der Waals surface area contributed by atoms with E-state index >= 15 is 0 Å². The van der Waals surface area contributed by atoms with E-state index in [4.69, 9.17) is 10.6 Å². The summed E-state index contributed by atoms with van der Waals surface area (Å²) in [6.07, 6.45) is 0.864. The number of hydrogen-bond acceptors (Lipinski definition) is 12. The summed E-state index contributed by atoms with van der Waals surface area (Å²) in [4.78, 5) is 43.6. The number of β-lactam (4-membered cyclic amide) rings is 1. The molecular weight excluding hydrogens is 518 g/mol. The number of nitrogen functional groups attached to an aromatic ring is 1. The van der Waals surface area contributed by atoms with Crippen LogP contribution in [0.2, 0.25) is 0 Å². The number of thiazole rings is 1. The van der Waals surface area contributed by atoms with Crippen LogP contribution in [-0.4, -0.2) is 80.5 Å². The van der Waals surface area contributed by atoms with Crippen LogP contribution < -0.4 is 40.4 Å². The number of hydrogen-bond donors (Lipinski definition) is 2. The molecule has 34 heavy (non-hydrogen) atoms. The smallest absolute Gasteiger partial charge is 0.857 e. The molecule has 0 spiro atoms. The molecule has 0 radical (unpaired) electrons. The molecule has 0 aromatic carbocycles. The Morgan fingerprint density at radius 2 is 2.29 bits per heavy atom. The fraction of sp³-hybridized carbons (Fsp3) is 0.444. The van der Waals surface area contributed by atoms with Crippen LogP contribution in [0.25, 0.3) is 0 Å². The average Bonchev–Trinajstić information content (AvgIpc) is 3.46. The van der Waals surface area contributed by atoms with Gasteiger partial charge in [-0.1, -0.05) is 28.7 Å². The molecule has 0 bridgehead atoms. The van der Waals surface area contributed by atoms with E-state index in [-0.39, 0.29) is 58.4 Å². The topological polar surface area (TPSA) is 166 Å². The van der Waals surface area contributed by atoms with Crippen molar-refractivity contribution in [2.75, 3.05) is 31.3 Å². The summed E-state index contributed by atoms with van der Waals surface area (Å²) in [6.45, 7) is -0.498. The molecule has 1 fully saturated rings. The number of carbonyl (C=O) groups excluding carboxylic acids is 1. The number of nitrogens with zero attached hydrogens (tertiary/aromatic N) is 5. The Hall–Kier alpha value is -1.65. The van der Waals surface area contributed by atoms with E-state index < -0.39 is 36.5 Å². The molecular formula is C18H18FN6NaO5S3. The molecule has 16 heteroatoms. The Kier molecular flexibility index (Phi) is 9.40. The molecule has 0 saturated carbocycles. The van der Waals surface area contributed by atoms with Crippen LogP contribution >= 0.6 is 34.9 Å². The van der Waals surface area contributed by atoms with E-state index in [1.165, 1.54) is 22.0 Å². The molecule has 11 nitrogen and oxygen atoms in total. The van der Waals surface area contributed by atoms with Gasteiger partial charge in [-0.2, -0.15) is 0 Å². The van der Waals surface area contributed by atoms with Crippen LogP contribution in [0.4, 0.5) is 9.52 Å². The number of allylic oxidation sites excluding steroid dienone is 1. The van der Waals surface area contributed by atoms with Crippen LogP contribution in [0.5, 0.6) is 0 Å². The van der Waals surface area contributed by atoms with Gasteiger partial charge in [0.15, 0.2) is 5.13 Å². The Morgan fingerprint density at radius 1 is 1.50 bits per heavy atom. The minimum atomic E-state index is -1.22. The van der Waals surface area contributed by atoms with Crippen molar-refractivity contribution in [1.82, 2.24) is 9.88 Å². The summed E-state index contributed by atoms with van der Waals surface area (Å²) < 4.78 is 13.2. The first-order valence-electron chi connectivity index (χ1n) is 9.77. The summed E-state index contributed by atoms with van der Waals surface area (Å²) in [6, 6.07) is -1.62. The summed E-state index contributed by atoms with van der Waals surface area (Å²) >= 11 is 3.88. The van der Waals surface area contributed by atoms with Gasteiger partial charge in [-0.05, 0) is 12.8 Å². The van der Waals surface area contributed by atoms with Crippen molar-refractivity contribution in [1.29, 1.82) is 0 Å². The predicted octanol–water partition coefficient (Wildman–Crippen LogP) is -2.32. The maximum Gasteiger partial charge on any atom is 1.00 e. The normalized spacial score (nSPS) is 22.7. The van der Waals surface area contributed by atoms with Gasteiger partial charge >= 0.3 is 35.5 Å². The van der Waals surface area contributed by atoms with Crippen molar-refractivity contribution in [3.8, 4) is 0 Å². The third-order valence-corrected chi connectivity index (χ3v) is 7.87. The van der Waals surface area contributed by atoms with Gasteiger partial charge in [0.2, 0.25) is 0 Å². The maximum absolute atomic E-state index is 12.8. The van der Waals surface area contributed by atoms with E-state index in [0.717, 1.165) is 21.5 Å². The van der Waals surface area contributed by atoms with Gasteiger partial charge in [0, 0.05) is 21.9 Å². The Bertz CT molecular complexity index is 1090. The first-order chi connectivity index (χ1) is 15.9. The first kappa shape index (κ1) is 26.9. The number of halogens is 1. The maximum atomic E-state index is 12.8. The third kappa shape index (κ3) is 5.60. The first-order valence-corrected chi connectivity index (χ1v) is 12.5. The standard InChI is InChI=1S/C18H19FN6O5S3.Na/c19-3-5-30-24-11(8-7-32-17(20)22-8)14(26)23-12-9-1-2-10(33-18-21-4-6-31-18)13(16(28)29)25(9)15(12)27;/h7,9,12H,1-6H2,(H2,20,22)(H,23,26)(H,28,29);/q;+1/p-1/b24-11+;/t9-,12+;/m1./s1. The largest absolute Gasteiger partial charge is 1.00 e. The second kappa shape index (κ2) is 11.9. The molecule has 1 amide bonds. The molecule has 1 aromatic heterocycles. The van der Waals surface area contributed by atoms with Gasteiger partial charge in [0.05, 0.1) is 12.6 Å². The molecule has 0 aliphatic carbocycles. The minimum Gasteiger partial charge on any atom is -0.857 e. The van der Waals surface area contributed by atoms with E-state index in [0.29, 0.717) is 24.3 Å². The molecule has 0 unspecified atom stereocenters. The predicted molar refractivity (Wildman–Crippen MR) is 123 cm³/mol. The van der Waals surface area contributed by atoms with Crippen molar-refractivity contribution in [3.05, 3.63) is 21.7 Å². The molecule has 4 heterocycles. The quantitative estimate of drug-likeness (QED) is 0.0926. The monoisotopic (exact) mass is 536 g/mol. The van der Waals surface area contributed by atoms with Gasteiger partial charge in [0.1, 0.15) is 40.8 Å². The summed E-state index contributed by atoms with van der Waals surface area (Å²) in [5.74, 6) is -1.85. The van der Waals surface area contributed by atoms with Crippen molar-refractivity contribution < 1.29 is 58.6 Å². The van der Waals surface area contributed by atoms with Gasteiger partial charge in [-0.3, -0.25) is 19.7 Å². The number of carboxylic acids is 1. The van der Waals surface area contributed by atoms with Crippen molar-refractivity contribution in [2.24, 2.45) is 15.1 Å². The number of aliphatic imine (C=N–C) groups is 2. The zero-order valence-electron chi connectivity index (χ0n) is 18.0. The summed E-state index contributed by atoms with van der Waals surface area (Å²) in [5.41, 5.74) is 5.31. The number of aliphatic carboxylic acids is 1. The average molecular weight is 537 g/mol. The number of rotatable bonds is 8. The van der Waals surface area contributed by atoms with Crippen molar-refractivity contribution in [3.63, 3.8) is 0 Å². The molecule has 3 N–H and O–H groups in total. The number of oxime groups is 1. The fourth-order valence-electron chi connectivity index (χ4n) is 3.49. The number of anilines is 1. The zero-order chi connectivity index (χ0) is 23.5. The SMILES string of the molecule is Nc1nc(/C(=N\OCCF)C([O-])=N[C@@H]2C(=O)N3C(C(=O)O)=C(SC4=NCCS4)CC[C@H]23)cs1.[Na+]. The van der Waals surface area contributed by atoms with E-state index in [9.17, 15) is 24.2 Å². The van der Waals surface area contributed by atoms with Gasteiger partial charge < -0.3 is 20.8 Å². The van der Waals surface area contributed by atoms with Crippen LogP contribution in [0.3, 0.4) is 0 Å². The number of alkyl halides is 1. The number of nitrogens with two attached hydrogens (primary N) is 1. The van der Waals surface area contributed by atoms with Crippen LogP contribution in [-0.2, 0) is 14.4 Å². The van der Waals surface area contributed by atoms with Crippen molar-refractivity contribution in [2.45, 2.75) is 24.9 Å². The number of amides is 1. The molecule has 4 rings (SSSR count). The fourth-order valence-corrected chi connectivity index (χ4v) is 6.24. The van der Waals surface area contributed by atoms with E-state index in [1.54, 1.807) is 11.8 Å². The molecule has 2 atom stereocenters. The van der Waals surface area contributed by atoms with Crippen molar-refractivity contribution >= 4 is 67.9 Å². The number of thioether (sulfide) groups is 2. The second-order valence-corrected chi connectivity index (χ2v) is 10.2. The second-order valence-electron chi connectivity index (χ2n) is 6.90. The molecule has 3 aliphatic heterocycles. The Labute approximate surface area is 228 Å². The van der Waals surface area contributed by atoms with Gasteiger partial charge in [-0.15, -0.1) is 11.3 Å². The number of carbonyl (C=O) groups is 2. The van der Waals surface area contributed by atoms with Gasteiger partial charge in [-0.25, -0.2) is 14.2 Å². The summed E-state index contributed by atoms with van der Waals surface area (Å²) in [5, 5.41) is 27.8. The van der Waals surface area contributed by atoms with Crippen LogP contribution in [0.1, 0.15) is 18.5 Å². The minimum absolute atomic E-state index is 0. The number of carboxylic acid groups (broad SMARTS) is 1. The van der Waals surface area contributed by atoms with Gasteiger partial charge in [0.25, 0.3) is 5.91 Å². The number of aromatic nitrogens is 1. The van der Waals surface area contributed by atoms with E-state index in [1.807, 2.05) is 0 Å². The van der Waals surface area contributed by atoms with Crippen LogP contribution in [0.15, 0.2) is 31.1 Å². The molecule has 176 valence electrons. The van der Waals surface area contributed by atoms with E-state index in [2.05, 4.69) is 20.1 Å². The zero-order valence-corrected chi connectivity index (χ0v) is 22.4. The molecule has 1 aromatic rings. The molecule has 3 aliphatic rings. The Morgan fingerprint density at radius 3 is 2.91 bits per heavy atom. The number of fused-ring (bicyclic) bond motifs is 1. The summed E-state index contributed by atoms with van der Waals surface area (Å²) in [7, 11) is 0. The molecule has 1 saturated heterocycles. The Balaban J connectivity index is 0.00000324. The third-order valence-electron chi connectivity index (χ3n) is 4.88. The van der Waals surface area contributed by atoms with Crippen LogP contribution in [0, 0.1) is 0 Å².